The van der Waals surface area contributed by atoms with Gasteiger partial charge in [-0.3, -0.25) is 4.90 Å². The summed E-state index contributed by atoms with van der Waals surface area (Å²) in [7, 11) is 0. The monoisotopic (exact) mass is 153 g/mol. The van der Waals surface area contributed by atoms with E-state index in [-0.39, 0.29) is 0 Å². The van der Waals surface area contributed by atoms with Crippen molar-refractivity contribution in [3.05, 3.63) is 0 Å². The molecule has 0 amide bonds. The molecule has 0 aromatic carbocycles. The predicted octanol–water partition coefficient (Wildman–Crippen LogP) is 0.730. The zero-order valence-corrected chi connectivity index (χ0v) is 7.05. The quantitative estimate of drug-likeness (QED) is 0.542. The number of ether oxygens (including phenoxy) is 1. The van der Waals surface area contributed by atoms with E-state index in [1.807, 2.05) is 0 Å². The van der Waals surface area contributed by atoms with Crippen LogP contribution in [0.25, 0.3) is 0 Å². The van der Waals surface area contributed by atoms with E-state index in [2.05, 4.69) is 17.7 Å². The normalized spacial score (nSPS) is 22.5. The van der Waals surface area contributed by atoms with Crippen molar-refractivity contribution >= 4 is 0 Å². The Hall–Kier alpha value is -0.520. The summed E-state index contributed by atoms with van der Waals surface area (Å²) in [5.41, 5.74) is 0. The average Bonchev–Trinajstić information content (AvgIpc) is 2.07. The Kier molecular flexibility index (Phi) is 3.41. The molecule has 1 aliphatic rings. The molecule has 0 aromatic heterocycles. The molecule has 2 heteroatoms. The molecular formula is C9H15NO. The smallest absolute Gasteiger partial charge is 0.0594 e. The van der Waals surface area contributed by atoms with Crippen LogP contribution in [0, 0.1) is 12.3 Å². The summed E-state index contributed by atoms with van der Waals surface area (Å²) >= 11 is 0. The van der Waals surface area contributed by atoms with E-state index < -0.39 is 0 Å². The van der Waals surface area contributed by atoms with Gasteiger partial charge in [0.05, 0.1) is 13.2 Å². The Morgan fingerprint density at radius 3 is 2.73 bits per heavy atom. The summed E-state index contributed by atoms with van der Waals surface area (Å²) in [5.74, 6) is 2.68. The van der Waals surface area contributed by atoms with Gasteiger partial charge in [0.25, 0.3) is 0 Å². The molecule has 62 valence electrons. The zero-order chi connectivity index (χ0) is 8.10. The SMILES string of the molecule is C#CCC(C)N1CCOCC1. The van der Waals surface area contributed by atoms with Crippen LogP contribution < -0.4 is 0 Å². The van der Waals surface area contributed by atoms with Crippen LogP contribution in [-0.2, 0) is 4.74 Å². The van der Waals surface area contributed by atoms with E-state index in [9.17, 15) is 0 Å². The van der Waals surface area contributed by atoms with Crippen molar-refractivity contribution < 1.29 is 4.74 Å². The second kappa shape index (κ2) is 4.38. The van der Waals surface area contributed by atoms with Crippen LogP contribution in [0.3, 0.4) is 0 Å². The van der Waals surface area contributed by atoms with Crippen LogP contribution in [0.2, 0.25) is 0 Å². The first-order chi connectivity index (χ1) is 5.34. The van der Waals surface area contributed by atoms with E-state index in [0.29, 0.717) is 6.04 Å². The van der Waals surface area contributed by atoms with Gasteiger partial charge in [0.2, 0.25) is 0 Å². The molecular weight excluding hydrogens is 138 g/mol. The number of morpholine rings is 1. The summed E-state index contributed by atoms with van der Waals surface area (Å²) in [6, 6.07) is 0.517. The van der Waals surface area contributed by atoms with Crippen molar-refractivity contribution in [1.82, 2.24) is 4.90 Å². The van der Waals surface area contributed by atoms with E-state index >= 15 is 0 Å². The van der Waals surface area contributed by atoms with Gasteiger partial charge in [-0.25, -0.2) is 0 Å². The maximum Gasteiger partial charge on any atom is 0.0594 e. The third-order valence-corrected chi connectivity index (χ3v) is 2.08. The first-order valence-electron chi connectivity index (χ1n) is 4.10. The van der Waals surface area contributed by atoms with Crippen LogP contribution >= 0.6 is 0 Å². The van der Waals surface area contributed by atoms with Crippen LogP contribution in [0.5, 0.6) is 0 Å². The summed E-state index contributed by atoms with van der Waals surface area (Å²) in [4.78, 5) is 2.38. The fourth-order valence-electron chi connectivity index (χ4n) is 1.32. The van der Waals surface area contributed by atoms with Crippen LogP contribution in [0.1, 0.15) is 13.3 Å². The van der Waals surface area contributed by atoms with E-state index in [0.717, 1.165) is 32.7 Å². The number of hydrogen-bond acceptors (Lipinski definition) is 2. The molecule has 0 spiro atoms. The van der Waals surface area contributed by atoms with E-state index in [4.69, 9.17) is 11.2 Å². The van der Waals surface area contributed by atoms with Gasteiger partial charge in [-0.05, 0) is 6.92 Å². The lowest BCUT2D eigenvalue weighted by molar-refractivity contribution is 0.0212. The first kappa shape index (κ1) is 8.58. The average molecular weight is 153 g/mol. The van der Waals surface area contributed by atoms with Gasteiger partial charge < -0.3 is 4.74 Å². The molecule has 1 heterocycles. The number of hydrogen-bond donors (Lipinski definition) is 0. The standard InChI is InChI=1S/C9H15NO/c1-3-4-9(2)10-5-7-11-8-6-10/h1,9H,4-8H2,2H3. The molecule has 0 aromatic rings. The van der Waals surface area contributed by atoms with Crippen molar-refractivity contribution in [1.29, 1.82) is 0 Å². The fraction of sp³-hybridized carbons (Fsp3) is 0.778. The molecule has 2 nitrogen and oxygen atoms in total. The highest BCUT2D eigenvalue weighted by Crippen LogP contribution is 2.05. The van der Waals surface area contributed by atoms with Crippen molar-refractivity contribution in [2.75, 3.05) is 26.3 Å². The van der Waals surface area contributed by atoms with E-state index in [1.165, 1.54) is 0 Å². The third kappa shape index (κ3) is 2.53. The summed E-state index contributed by atoms with van der Waals surface area (Å²) < 4.78 is 5.23. The molecule has 0 aliphatic carbocycles. The lowest BCUT2D eigenvalue weighted by Crippen LogP contribution is -2.41. The van der Waals surface area contributed by atoms with Gasteiger partial charge in [-0.2, -0.15) is 0 Å². The van der Waals surface area contributed by atoms with Gasteiger partial charge in [0, 0.05) is 25.6 Å². The molecule has 1 rings (SSSR count). The van der Waals surface area contributed by atoms with Crippen LogP contribution in [0.15, 0.2) is 0 Å². The molecule has 1 aliphatic heterocycles. The molecule has 1 fully saturated rings. The Morgan fingerprint density at radius 2 is 2.18 bits per heavy atom. The minimum absolute atomic E-state index is 0.517. The van der Waals surface area contributed by atoms with Gasteiger partial charge in [-0.15, -0.1) is 12.3 Å². The zero-order valence-electron chi connectivity index (χ0n) is 7.05. The van der Waals surface area contributed by atoms with Crippen molar-refractivity contribution in [3.8, 4) is 12.3 Å². The Bertz CT molecular complexity index is 144. The molecule has 0 bridgehead atoms. The topological polar surface area (TPSA) is 12.5 Å². The fourth-order valence-corrected chi connectivity index (χ4v) is 1.32. The Labute approximate surface area is 68.5 Å². The van der Waals surface area contributed by atoms with Gasteiger partial charge in [0.15, 0.2) is 0 Å². The van der Waals surface area contributed by atoms with Gasteiger partial charge in [-0.1, -0.05) is 0 Å². The Morgan fingerprint density at radius 1 is 1.55 bits per heavy atom. The minimum Gasteiger partial charge on any atom is -0.379 e. The molecule has 1 unspecified atom stereocenters. The van der Waals surface area contributed by atoms with E-state index in [1.54, 1.807) is 0 Å². The molecule has 0 radical (unpaired) electrons. The second-order valence-corrected chi connectivity index (χ2v) is 2.91. The maximum atomic E-state index is 5.23. The second-order valence-electron chi connectivity index (χ2n) is 2.91. The summed E-state index contributed by atoms with van der Waals surface area (Å²) in [6.07, 6.45) is 6.08. The number of rotatable bonds is 2. The molecule has 11 heavy (non-hydrogen) atoms. The molecule has 0 saturated carbocycles. The molecule has 0 N–H and O–H groups in total. The highest BCUT2D eigenvalue weighted by molar-refractivity contribution is 4.89. The lowest BCUT2D eigenvalue weighted by atomic mass is 10.2. The summed E-state index contributed by atoms with van der Waals surface area (Å²) in [5, 5.41) is 0. The first-order valence-corrected chi connectivity index (χ1v) is 4.10. The largest absolute Gasteiger partial charge is 0.379 e. The molecule has 1 atom stereocenters. The van der Waals surface area contributed by atoms with Crippen molar-refractivity contribution in [2.45, 2.75) is 19.4 Å². The minimum atomic E-state index is 0.517. The number of nitrogens with zero attached hydrogens (tertiary/aromatic N) is 1. The van der Waals surface area contributed by atoms with Crippen molar-refractivity contribution in [3.63, 3.8) is 0 Å². The number of terminal acetylenes is 1. The Balaban J connectivity index is 2.27. The van der Waals surface area contributed by atoms with Gasteiger partial charge in [0.1, 0.15) is 0 Å². The van der Waals surface area contributed by atoms with Crippen molar-refractivity contribution in [2.24, 2.45) is 0 Å². The lowest BCUT2D eigenvalue weighted by Gasteiger charge is -2.31. The highest BCUT2D eigenvalue weighted by atomic mass is 16.5. The van der Waals surface area contributed by atoms with Crippen LogP contribution in [0.4, 0.5) is 0 Å². The maximum absolute atomic E-state index is 5.23. The predicted molar refractivity (Wildman–Crippen MR) is 45.3 cm³/mol. The van der Waals surface area contributed by atoms with Gasteiger partial charge >= 0.3 is 0 Å². The highest BCUT2D eigenvalue weighted by Gasteiger charge is 2.15. The summed E-state index contributed by atoms with van der Waals surface area (Å²) in [6.45, 7) is 5.95. The molecule has 1 saturated heterocycles. The van der Waals surface area contributed by atoms with Crippen LogP contribution in [-0.4, -0.2) is 37.2 Å². The third-order valence-electron chi connectivity index (χ3n) is 2.08.